The minimum absolute atomic E-state index is 0.102. The average molecular weight is 295 g/mol. The minimum Gasteiger partial charge on any atom is -0.490 e. The van der Waals surface area contributed by atoms with Crippen molar-refractivity contribution in [2.75, 3.05) is 7.11 Å². The van der Waals surface area contributed by atoms with Gasteiger partial charge < -0.3 is 15.3 Å². The van der Waals surface area contributed by atoms with E-state index in [0.29, 0.717) is 23.7 Å². The van der Waals surface area contributed by atoms with Gasteiger partial charge in [-0.25, -0.2) is 0 Å². The summed E-state index contributed by atoms with van der Waals surface area (Å²) in [6.45, 7) is 4.32. The van der Waals surface area contributed by atoms with Crippen molar-refractivity contribution in [3.8, 4) is 5.75 Å². The lowest BCUT2D eigenvalue weighted by molar-refractivity contribution is -0.385. The smallest absolute Gasteiger partial charge is 0.311 e. The van der Waals surface area contributed by atoms with E-state index in [1.165, 1.54) is 19.2 Å². The number of nitrogens with zero attached hydrogens (tertiary/aromatic N) is 2. The van der Waals surface area contributed by atoms with Gasteiger partial charge in [0.1, 0.15) is 12.4 Å². The molecule has 0 aromatic heterocycles. The van der Waals surface area contributed by atoms with Crippen LogP contribution in [0.5, 0.6) is 5.75 Å². The highest BCUT2D eigenvalue weighted by Crippen LogP contribution is 2.27. The molecule has 0 heterocycles. The van der Waals surface area contributed by atoms with Crippen LogP contribution < -0.4 is 10.5 Å². The summed E-state index contributed by atoms with van der Waals surface area (Å²) >= 11 is 0. The third kappa shape index (κ3) is 5.68. The number of amidine groups is 1. The Morgan fingerprint density at radius 2 is 2.19 bits per heavy atom. The van der Waals surface area contributed by atoms with Crippen LogP contribution in [0.2, 0.25) is 0 Å². The van der Waals surface area contributed by atoms with Crippen molar-refractivity contribution >= 4 is 11.5 Å². The molecule has 0 saturated carbocycles. The van der Waals surface area contributed by atoms with Gasteiger partial charge in [0, 0.05) is 12.5 Å². The molecule has 0 aliphatic rings. The molecule has 0 atom stereocenters. The number of nitrogens with two attached hydrogens (primary N) is 1. The van der Waals surface area contributed by atoms with Crippen molar-refractivity contribution in [2.24, 2.45) is 16.8 Å². The largest absolute Gasteiger partial charge is 0.490 e. The topological polar surface area (TPSA) is 100.0 Å². The van der Waals surface area contributed by atoms with Crippen molar-refractivity contribution < 1.29 is 14.5 Å². The molecule has 0 amide bonds. The molecule has 1 aromatic carbocycles. The molecule has 0 saturated heterocycles. The fourth-order valence-electron chi connectivity index (χ4n) is 1.64. The van der Waals surface area contributed by atoms with Crippen LogP contribution in [0, 0.1) is 16.0 Å². The van der Waals surface area contributed by atoms with Gasteiger partial charge in [0.05, 0.1) is 12.0 Å². The first-order valence-electron chi connectivity index (χ1n) is 6.69. The average Bonchev–Trinajstić information content (AvgIpc) is 2.44. The third-order valence-electron chi connectivity index (χ3n) is 2.83. The molecular formula is C14H21N3O4. The minimum atomic E-state index is -0.497. The van der Waals surface area contributed by atoms with E-state index in [2.05, 4.69) is 19.0 Å². The quantitative estimate of drug-likeness (QED) is 0.344. The van der Waals surface area contributed by atoms with Crippen LogP contribution >= 0.6 is 0 Å². The molecule has 0 aliphatic heterocycles. The van der Waals surface area contributed by atoms with E-state index in [-0.39, 0.29) is 18.0 Å². The van der Waals surface area contributed by atoms with Crippen molar-refractivity contribution in [3.63, 3.8) is 0 Å². The first kappa shape index (κ1) is 16.7. The maximum absolute atomic E-state index is 10.9. The molecular weight excluding hydrogens is 274 g/mol. The van der Waals surface area contributed by atoms with E-state index in [4.69, 9.17) is 15.3 Å². The molecule has 2 N–H and O–H groups in total. The Morgan fingerprint density at radius 1 is 1.48 bits per heavy atom. The number of benzene rings is 1. The van der Waals surface area contributed by atoms with Crippen LogP contribution in [0.25, 0.3) is 0 Å². The molecule has 0 aliphatic carbocycles. The summed E-state index contributed by atoms with van der Waals surface area (Å²) in [5.74, 6) is 1.18. The Morgan fingerprint density at radius 3 is 2.76 bits per heavy atom. The number of nitro benzene ring substituents is 1. The maximum atomic E-state index is 10.9. The lowest BCUT2D eigenvalue weighted by atomic mass is 10.1. The van der Waals surface area contributed by atoms with Crippen LogP contribution in [0.1, 0.15) is 32.3 Å². The van der Waals surface area contributed by atoms with E-state index in [1.54, 1.807) is 6.07 Å². The lowest BCUT2D eigenvalue weighted by Crippen LogP contribution is -2.13. The van der Waals surface area contributed by atoms with Crippen LogP contribution in [-0.2, 0) is 11.4 Å². The first-order valence-corrected chi connectivity index (χ1v) is 6.69. The molecule has 1 aromatic rings. The van der Waals surface area contributed by atoms with E-state index >= 15 is 0 Å². The number of oxime groups is 1. The fraction of sp³-hybridized carbons (Fsp3) is 0.500. The van der Waals surface area contributed by atoms with E-state index < -0.39 is 4.92 Å². The Balaban J connectivity index is 2.61. The van der Waals surface area contributed by atoms with Crippen LogP contribution in [0.4, 0.5) is 5.69 Å². The molecule has 7 heteroatoms. The van der Waals surface area contributed by atoms with Gasteiger partial charge in [0.15, 0.2) is 5.75 Å². The van der Waals surface area contributed by atoms with Crippen molar-refractivity contribution in [1.82, 2.24) is 0 Å². The second-order valence-electron chi connectivity index (χ2n) is 5.05. The zero-order valence-electron chi connectivity index (χ0n) is 12.5. The zero-order valence-corrected chi connectivity index (χ0v) is 12.5. The van der Waals surface area contributed by atoms with Crippen molar-refractivity contribution in [2.45, 2.75) is 33.3 Å². The molecule has 116 valence electrons. The lowest BCUT2D eigenvalue weighted by Gasteiger charge is -2.06. The third-order valence-corrected chi connectivity index (χ3v) is 2.83. The van der Waals surface area contributed by atoms with Crippen LogP contribution in [0.15, 0.2) is 23.4 Å². The van der Waals surface area contributed by atoms with Crippen LogP contribution in [0.3, 0.4) is 0 Å². The normalized spacial score (nSPS) is 11.5. The predicted octanol–water partition coefficient (Wildman–Crippen LogP) is 2.83. The van der Waals surface area contributed by atoms with Gasteiger partial charge in [-0.15, -0.1) is 0 Å². The summed E-state index contributed by atoms with van der Waals surface area (Å²) in [5.41, 5.74) is 6.23. The van der Waals surface area contributed by atoms with Gasteiger partial charge in [-0.2, -0.15) is 0 Å². The van der Waals surface area contributed by atoms with E-state index in [0.717, 1.165) is 6.42 Å². The predicted molar refractivity (Wildman–Crippen MR) is 80.1 cm³/mol. The second kappa shape index (κ2) is 8.08. The Labute approximate surface area is 123 Å². The summed E-state index contributed by atoms with van der Waals surface area (Å²) in [4.78, 5) is 15.5. The zero-order chi connectivity index (χ0) is 15.8. The Kier molecular flexibility index (Phi) is 6.45. The molecule has 0 spiro atoms. The number of hydrogen-bond acceptors (Lipinski definition) is 5. The number of methoxy groups -OCH3 is 1. The van der Waals surface area contributed by atoms with Crippen molar-refractivity contribution in [3.05, 3.63) is 33.9 Å². The molecule has 0 bridgehead atoms. The summed E-state index contributed by atoms with van der Waals surface area (Å²) in [6.07, 6.45) is 1.60. The Hall–Kier alpha value is -2.31. The second-order valence-corrected chi connectivity index (χ2v) is 5.05. The fourth-order valence-corrected chi connectivity index (χ4v) is 1.64. The molecule has 7 nitrogen and oxygen atoms in total. The SMILES string of the molecule is COc1ccc(CO/N=C(\N)CCC(C)C)cc1[N+](=O)[O-]. The summed E-state index contributed by atoms with van der Waals surface area (Å²) in [7, 11) is 1.39. The highest BCUT2D eigenvalue weighted by Gasteiger charge is 2.15. The summed E-state index contributed by atoms with van der Waals surface area (Å²) in [6, 6.07) is 4.62. The molecule has 0 radical (unpaired) electrons. The maximum Gasteiger partial charge on any atom is 0.311 e. The van der Waals surface area contributed by atoms with E-state index in [9.17, 15) is 10.1 Å². The monoisotopic (exact) mass is 295 g/mol. The highest BCUT2D eigenvalue weighted by atomic mass is 16.6. The molecule has 1 rings (SSSR count). The van der Waals surface area contributed by atoms with Gasteiger partial charge in [-0.1, -0.05) is 25.1 Å². The van der Waals surface area contributed by atoms with E-state index in [1.807, 2.05) is 0 Å². The number of nitro groups is 1. The summed E-state index contributed by atoms with van der Waals surface area (Å²) < 4.78 is 4.93. The van der Waals surface area contributed by atoms with Gasteiger partial charge in [-0.05, 0) is 24.0 Å². The van der Waals surface area contributed by atoms with Gasteiger partial charge >= 0.3 is 5.69 Å². The number of rotatable bonds is 8. The molecule has 21 heavy (non-hydrogen) atoms. The number of ether oxygens (including phenoxy) is 1. The van der Waals surface area contributed by atoms with Crippen LogP contribution in [-0.4, -0.2) is 17.9 Å². The van der Waals surface area contributed by atoms with Gasteiger partial charge in [0.2, 0.25) is 0 Å². The standard InChI is InChI=1S/C14H21N3O4/c1-10(2)4-7-14(15)16-21-9-11-5-6-13(20-3)12(8-11)17(18)19/h5-6,8,10H,4,7,9H2,1-3H3,(H2,15,16). The van der Waals surface area contributed by atoms with Gasteiger partial charge in [-0.3, -0.25) is 10.1 Å². The molecule has 0 fully saturated rings. The van der Waals surface area contributed by atoms with Gasteiger partial charge in [0.25, 0.3) is 0 Å². The highest BCUT2D eigenvalue weighted by molar-refractivity contribution is 5.79. The summed E-state index contributed by atoms with van der Waals surface area (Å²) in [5, 5.41) is 14.7. The Bertz CT molecular complexity index is 515. The molecule has 0 unspecified atom stereocenters. The van der Waals surface area contributed by atoms with Crippen molar-refractivity contribution in [1.29, 1.82) is 0 Å². The number of hydrogen-bond donors (Lipinski definition) is 1. The first-order chi connectivity index (χ1) is 9.93.